The van der Waals surface area contributed by atoms with E-state index in [0.29, 0.717) is 18.4 Å². The largest absolute Gasteiger partial charge is 0.493 e. The molecule has 1 heterocycles. The second kappa shape index (κ2) is 7.93. The van der Waals surface area contributed by atoms with Gasteiger partial charge in [0, 0.05) is 24.3 Å². The Hall–Kier alpha value is -2.01. The molecule has 1 aromatic rings. The molecule has 2 aliphatic rings. The zero-order chi connectivity index (χ0) is 19.6. The van der Waals surface area contributed by atoms with Crippen LogP contribution in [-0.4, -0.2) is 44.7 Å². The molecule has 0 unspecified atom stereocenters. The molecule has 1 saturated heterocycles. The van der Waals surface area contributed by atoms with E-state index in [1.165, 1.54) is 5.56 Å². The highest BCUT2D eigenvalue weighted by molar-refractivity contribution is 5.70. The van der Waals surface area contributed by atoms with Gasteiger partial charge in [-0.2, -0.15) is 0 Å². The SMILES string of the molecule is COc1ccc([C@@]23CC=C(OC(=O)CC(C)C)C[C@@H]2N(C)CC3)cc1OC. The van der Waals surface area contributed by atoms with Gasteiger partial charge in [-0.3, -0.25) is 4.79 Å². The fourth-order valence-corrected chi connectivity index (χ4v) is 4.48. The number of methoxy groups -OCH3 is 2. The normalized spacial score (nSPS) is 25.1. The lowest BCUT2D eigenvalue weighted by atomic mass is 9.68. The second-order valence-electron chi connectivity index (χ2n) is 8.12. The number of allylic oxidation sites excluding steroid dienone is 1. The molecule has 0 radical (unpaired) electrons. The molecule has 2 atom stereocenters. The van der Waals surface area contributed by atoms with Gasteiger partial charge in [-0.25, -0.2) is 0 Å². The number of benzene rings is 1. The van der Waals surface area contributed by atoms with E-state index >= 15 is 0 Å². The first-order valence-electron chi connectivity index (χ1n) is 9.72. The van der Waals surface area contributed by atoms with Gasteiger partial charge < -0.3 is 19.1 Å². The summed E-state index contributed by atoms with van der Waals surface area (Å²) in [6, 6.07) is 6.55. The molecule has 0 N–H and O–H groups in total. The summed E-state index contributed by atoms with van der Waals surface area (Å²) in [5, 5.41) is 0. The van der Waals surface area contributed by atoms with Crippen LogP contribution in [-0.2, 0) is 14.9 Å². The van der Waals surface area contributed by atoms with Crippen LogP contribution in [0.3, 0.4) is 0 Å². The molecule has 1 aliphatic heterocycles. The Morgan fingerprint density at radius 1 is 1.26 bits per heavy atom. The summed E-state index contributed by atoms with van der Waals surface area (Å²) in [7, 11) is 5.49. The molecule has 27 heavy (non-hydrogen) atoms. The first kappa shape index (κ1) is 19.7. The summed E-state index contributed by atoms with van der Waals surface area (Å²) in [6.45, 7) is 5.09. The number of hydrogen-bond acceptors (Lipinski definition) is 5. The molecule has 0 amide bonds. The second-order valence-corrected chi connectivity index (χ2v) is 8.12. The van der Waals surface area contributed by atoms with Gasteiger partial charge in [0.05, 0.1) is 14.2 Å². The average Bonchev–Trinajstić information content (AvgIpc) is 2.98. The van der Waals surface area contributed by atoms with E-state index in [9.17, 15) is 4.79 Å². The Morgan fingerprint density at radius 3 is 2.67 bits per heavy atom. The summed E-state index contributed by atoms with van der Waals surface area (Å²) in [4.78, 5) is 14.5. The van der Waals surface area contributed by atoms with Gasteiger partial charge in [-0.1, -0.05) is 19.9 Å². The van der Waals surface area contributed by atoms with Crippen molar-refractivity contribution in [1.82, 2.24) is 4.90 Å². The smallest absolute Gasteiger partial charge is 0.311 e. The summed E-state index contributed by atoms with van der Waals surface area (Å²) in [5.41, 5.74) is 1.28. The third-order valence-electron chi connectivity index (χ3n) is 5.95. The molecular formula is C22H31NO4. The number of likely N-dealkylation sites (tertiary alicyclic amines) is 1. The number of esters is 1. The highest BCUT2D eigenvalue weighted by Crippen LogP contribution is 2.49. The van der Waals surface area contributed by atoms with Gasteiger partial charge in [0.25, 0.3) is 0 Å². The fourth-order valence-electron chi connectivity index (χ4n) is 4.48. The van der Waals surface area contributed by atoms with E-state index in [2.05, 4.69) is 30.2 Å². The molecule has 0 aromatic heterocycles. The fraction of sp³-hybridized carbons (Fsp3) is 0.591. The van der Waals surface area contributed by atoms with Crippen molar-refractivity contribution in [3.63, 3.8) is 0 Å². The number of hydrogen-bond donors (Lipinski definition) is 0. The minimum atomic E-state index is -0.129. The first-order chi connectivity index (χ1) is 12.9. The minimum Gasteiger partial charge on any atom is -0.493 e. The van der Waals surface area contributed by atoms with Crippen LogP contribution in [0.15, 0.2) is 30.0 Å². The van der Waals surface area contributed by atoms with Crippen molar-refractivity contribution in [3.8, 4) is 11.5 Å². The van der Waals surface area contributed by atoms with Crippen LogP contribution in [0.2, 0.25) is 0 Å². The van der Waals surface area contributed by atoms with Crippen molar-refractivity contribution in [2.45, 2.75) is 51.0 Å². The molecule has 5 nitrogen and oxygen atoms in total. The summed E-state index contributed by atoms with van der Waals surface area (Å²) >= 11 is 0. The summed E-state index contributed by atoms with van der Waals surface area (Å²) in [5.74, 6) is 2.50. The average molecular weight is 373 g/mol. The number of ether oxygens (including phenoxy) is 3. The Kier molecular flexibility index (Phi) is 5.80. The van der Waals surface area contributed by atoms with Gasteiger partial charge >= 0.3 is 5.97 Å². The Bertz CT molecular complexity index is 727. The van der Waals surface area contributed by atoms with Crippen molar-refractivity contribution in [1.29, 1.82) is 0 Å². The predicted molar refractivity (Wildman–Crippen MR) is 105 cm³/mol. The van der Waals surface area contributed by atoms with Crippen LogP contribution in [0, 0.1) is 5.92 Å². The van der Waals surface area contributed by atoms with Gasteiger partial charge in [0.1, 0.15) is 5.76 Å². The number of carbonyl (C=O) groups is 1. The lowest BCUT2D eigenvalue weighted by molar-refractivity contribution is -0.140. The lowest BCUT2D eigenvalue weighted by Gasteiger charge is -2.40. The number of nitrogens with zero attached hydrogens (tertiary/aromatic N) is 1. The van der Waals surface area contributed by atoms with Crippen LogP contribution in [0.4, 0.5) is 0 Å². The maximum atomic E-state index is 12.1. The molecule has 5 heteroatoms. The van der Waals surface area contributed by atoms with Gasteiger partial charge in [0.2, 0.25) is 0 Å². The lowest BCUT2D eigenvalue weighted by Crippen LogP contribution is -2.43. The van der Waals surface area contributed by atoms with E-state index in [0.717, 1.165) is 43.1 Å². The number of carbonyl (C=O) groups excluding carboxylic acids is 1. The van der Waals surface area contributed by atoms with Crippen LogP contribution in [0.5, 0.6) is 11.5 Å². The summed E-state index contributed by atoms with van der Waals surface area (Å²) < 4.78 is 16.6. The minimum absolute atomic E-state index is 0.0161. The standard InChI is InChI=1S/C22H31NO4/c1-15(2)12-21(24)27-17-8-9-22(10-11-23(3)20(22)14-17)16-6-7-18(25-4)19(13-16)26-5/h6-8,13,15,20H,9-12,14H2,1-5H3/t20-,22-/m0/s1. The third-order valence-corrected chi connectivity index (χ3v) is 5.95. The van der Waals surface area contributed by atoms with Gasteiger partial charge in [-0.05, 0) is 56.1 Å². The Balaban J connectivity index is 1.87. The van der Waals surface area contributed by atoms with Crippen molar-refractivity contribution in [2.24, 2.45) is 5.92 Å². The van der Waals surface area contributed by atoms with E-state index in [-0.39, 0.29) is 11.4 Å². The zero-order valence-electron chi connectivity index (χ0n) is 17.1. The van der Waals surface area contributed by atoms with Crippen molar-refractivity contribution >= 4 is 5.97 Å². The van der Waals surface area contributed by atoms with Crippen molar-refractivity contribution < 1.29 is 19.0 Å². The predicted octanol–water partition coefficient (Wildman–Crippen LogP) is 3.91. The first-order valence-corrected chi connectivity index (χ1v) is 9.72. The monoisotopic (exact) mass is 373 g/mol. The van der Waals surface area contributed by atoms with Gasteiger partial charge in [0.15, 0.2) is 11.5 Å². The van der Waals surface area contributed by atoms with Crippen LogP contribution < -0.4 is 9.47 Å². The third kappa shape index (κ3) is 3.84. The van der Waals surface area contributed by atoms with E-state index in [4.69, 9.17) is 14.2 Å². The highest BCUT2D eigenvalue weighted by atomic mass is 16.5. The molecule has 3 rings (SSSR count). The molecule has 0 saturated carbocycles. The molecule has 0 spiro atoms. The highest BCUT2D eigenvalue weighted by Gasteiger charge is 2.49. The molecule has 148 valence electrons. The van der Waals surface area contributed by atoms with Gasteiger partial charge in [-0.15, -0.1) is 0 Å². The number of fused-ring (bicyclic) bond motifs is 1. The van der Waals surface area contributed by atoms with E-state index < -0.39 is 0 Å². The van der Waals surface area contributed by atoms with Crippen LogP contribution in [0.25, 0.3) is 0 Å². The molecular weight excluding hydrogens is 342 g/mol. The molecule has 1 fully saturated rings. The zero-order valence-corrected chi connectivity index (χ0v) is 17.1. The topological polar surface area (TPSA) is 48.0 Å². The summed E-state index contributed by atoms with van der Waals surface area (Å²) in [6.07, 6.45) is 5.27. The van der Waals surface area contributed by atoms with Crippen LogP contribution >= 0.6 is 0 Å². The molecule has 1 aliphatic carbocycles. The number of likely N-dealkylation sites (N-methyl/N-ethyl adjacent to an activating group) is 1. The maximum absolute atomic E-state index is 12.1. The molecule has 0 bridgehead atoms. The van der Waals surface area contributed by atoms with E-state index in [1.807, 2.05) is 19.9 Å². The Labute approximate surface area is 162 Å². The van der Waals surface area contributed by atoms with Crippen molar-refractivity contribution in [2.75, 3.05) is 27.8 Å². The quantitative estimate of drug-likeness (QED) is 0.708. The van der Waals surface area contributed by atoms with E-state index in [1.54, 1.807) is 14.2 Å². The van der Waals surface area contributed by atoms with Crippen molar-refractivity contribution in [3.05, 3.63) is 35.6 Å². The Morgan fingerprint density at radius 2 is 2.00 bits per heavy atom. The van der Waals surface area contributed by atoms with Crippen LogP contribution in [0.1, 0.15) is 45.1 Å². The maximum Gasteiger partial charge on any atom is 0.311 e. The molecule has 1 aromatic carbocycles. The number of rotatable bonds is 6.